The van der Waals surface area contributed by atoms with Crippen LogP contribution in [0.15, 0.2) is 33.9 Å². The molecular formula is C21H23N3O4S. The maximum atomic E-state index is 12.7. The van der Waals surface area contributed by atoms with Gasteiger partial charge in [-0.25, -0.2) is 0 Å². The van der Waals surface area contributed by atoms with Crippen molar-refractivity contribution in [3.8, 4) is 5.75 Å². The fourth-order valence-corrected chi connectivity index (χ4v) is 3.98. The average Bonchev–Trinajstić information content (AvgIpc) is 3.30. The molecule has 0 unspecified atom stereocenters. The highest BCUT2D eigenvalue weighted by Crippen LogP contribution is 2.25. The van der Waals surface area contributed by atoms with Crippen LogP contribution in [0.5, 0.6) is 5.75 Å². The van der Waals surface area contributed by atoms with E-state index >= 15 is 0 Å². The maximum Gasteiger partial charge on any atom is 0.277 e. The SMILES string of the molecule is CCc1c(C(=O)CSc2nnc(Cc3ccccc3OC)o2)[nH]c(C)c1C(C)=O. The molecule has 0 saturated heterocycles. The molecule has 1 aromatic carbocycles. The number of thioether (sulfide) groups is 1. The first-order valence-electron chi connectivity index (χ1n) is 9.27. The first kappa shape index (κ1) is 20.9. The standard InChI is InChI=1S/C21H23N3O4S/c1-5-15-19(13(3)25)12(2)22-20(15)16(26)11-29-21-24-23-18(28-21)10-14-8-6-7-9-17(14)27-4/h6-9,22H,5,10-11H2,1-4H3. The van der Waals surface area contributed by atoms with Crippen molar-refractivity contribution in [2.75, 3.05) is 12.9 Å². The number of carbonyl (C=O) groups excluding carboxylic acids is 2. The van der Waals surface area contributed by atoms with Crippen LogP contribution in [-0.2, 0) is 12.8 Å². The van der Waals surface area contributed by atoms with Crippen LogP contribution in [0.25, 0.3) is 0 Å². The summed E-state index contributed by atoms with van der Waals surface area (Å²) in [4.78, 5) is 27.6. The Balaban J connectivity index is 1.68. The minimum atomic E-state index is -0.105. The maximum absolute atomic E-state index is 12.7. The number of methoxy groups -OCH3 is 1. The summed E-state index contributed by atoms with van der Waals surface area (Å²) in [5, 5.41) is 8.40. The lowest BCUT2D eigenvalue weighted by Gasteiger charge is -2.05. The van der Waals surface area contributed by atoms with E-state index < -0.39 is 0 Å². The third kappa shape index (κ3) is 4.59. The summed E-state index contributed by atoms with van der Waals surface area (Å²) in [6.45, 7) is 5.25. The molecule has 0 aliphatic rings. The fourth-order valence-electron chi connectivity index (χ4n) is 3.32. The van der Waals surface area contributed by atoms with E-state index in [0.717, 1.165) is 22.6 Å². The van der Waals surface area contributed by atoms with E-state index in [-0.39, 0.29) is 17.3 Å². The Morgan fingerprint density at radius 2 is 2.00 bits per heavy atom. The van der Waals surface area contributed by atoms with Gasteiger partial charge in [0.05, 0.1) is 25.0 Å². The summed E-state index contributed by atoms with van der Waals surface area (Å²) in [5.74, 6) is 1.20. The van der Waals surface area contributed by atoms with Crippen LogP contribution in [-0.4, -0.2) is 39.6 Å². The summed E-state index contributed by atoms with van der Waals surface area (Å²) < 4.78 is 11.0. The number of para-hydroxylation sites is 1. The molecule has 2 heterocycles. The van der Waals surface area contributed by atoms with E-state index in [2.05, 4.69) is 15.2 Å². The molecule has 1 N–H and O–H groups in total. The Hall–Kier alpha value is -2.87. The van der Waals surface area contributed by atoms with Gasteiger partial charge in [-0.15, -0.1) is 10.2 Å². The number of ether oxygens (including phenoxy) is 1. The van der Waals surface area contributed by atoms with Crippen molar-refractivity contribution in [3.05, 3.63) is 58.2 Å². The third-order valence-electron chi connectivity index (χ3n) is 4.58. The second-order valence-electron chi connectivity index (χ2n) is 6.55. The second-order valence-corrected chi connectivity index (χ2v) is 7.48. The molecule has 152 valence electrons. The number of hydrogen-bond acceptors (Lipinski definition) is 7. The van der Waals surface area contributed by atoms with E-state index in [1.165, 1.54) is 18.7 Å². The van der Waals surface area contributed by atoms with Gasteiger partial charge in [0.1, 0.15) is 5.75 Å². The van der Waals surface area contributed by atoms with Gasteiger partial charge in [0, 0.05) is 16.8 Å². The van der Waals surface area contributed by atoms with Crippen molar-refractivity contribution in [3.63, 3.8) is 0 Å². The molecule has 3 rings (SSSR count). The molecule has 0 aliphatic carbocycles. The number of nitrogens with one attached hydrogen (secondary N) is 1. The molecule has 3 aromatic rings. The van der Waals surface area contributed by atoms with E-state index in [0.29, 0.717) is 35.2 Å². The molecule has 0 bridgehead atoms. The Kier molecular flexibility index (Phi) is 6.53. The van der Waals surface area contributed by atoms with E-state index in [9.17, 15) is 9.59 Å². The number of H-pyrrole nitrogens is 1. The van der Waals surface area contributed by atoms with Crippen molar-refractivity contribution in [1.82, 2.24) is 15.2 Å². The predicted molar refractivity (Wildman–Crippen MR) is 110 cm³/mol. The molecule has 2 aromatic heterocycles. The molecule has 7 nitrogen and oxygen atoms in total. The van der Waals surface area contributed by atoms with Crippen LogP contribution in [0.4, 0.5) is 0 Å². The molecule has 0 spiro atoms. The number of ketones is 2. The fraction of sp³-hybridized carbons (Fsp3) is 0.333. The zero-order valence-electron chi connectivity index (χ0n) is 16.9. The summed E-state index contributed by atoms with van der Waals surface area (Å²) in [6, 6.07) is 7.62. The van der Waals surface area contributed by atoms with Gasteiger partial charge in [0.15, 0.2) is 11.6 Å². The quantitative estimate of drug-likeness (QED) is 0.417. The van der Waals surface area contributed by atoms with Crippen molar-refractivity contribution >= 4 is 23.3 Å². The summed E-state index contributed by atoms with van der Waals surface area (Å²) >= 11 is 1.18. The number of aryl methyl sites for hydroxylation is 1. The first-order valence-corrected chi connectivity index (χ1v) is 10.3. The van der Waals surface area contributed by atoms with Crippen molar-refractivity contribution < 1.29 is 18.7 Å². The number of hydrogen-bond donors (Lipinski definition) is 1. The van der Waals surface area contributed by atoms with Crippen LogP contribution in [0.2, 0.25) is 0 Å². The Bertz CT molecular complexity index is 1040. The van der Waals surface area contributed by atoms with Crippen LogP contribution >= 0.6 is 11.8 Å². The summed E-state index contributed by atoms with van der Waals surface area (Å²) in [7, 11) is 1.62. The van der Waals surface area contributed by atoms with Gasteiger partial charge < -0.3 is 14.1 Å². The van der Waals surface area contributed by atoms with Crippen LogP contribution < -0.4 is 4.74 Å². The van der Waals surface area contributed by atoms with Crippen LogP contribution in [0, 0.1) is 6.92 Å². The highest BCUT2D eigenvalue weighted by Gasteiger charge is 2.22. The summed E-state index contributed by atoms with van der Waals surface area (Å²) in [5.41, 5.74) is 3.52. The van der Waals surface area contributed by atoms with Gasteiger partial charge >= 0.3 is 0 Å². The molecule has 0 saturated carbocycles. The zero-order valence-corrected chi connectivity index (χ0v) is 17.7. The van der Waals surface area contributed by atoms with Crippen molar-refractivity contribution in [2.45, 2.75) is 38.8 Å². The molecule has 0 fully saturated rings. The van der Waals surface area contributed by atoms with Gasteiger partial charge in [-0.3, -0.25) is 9.59 Å². The van der Waals surface area contributed by atoms with E-state index in [4.69, 9.17) is 9.15 Å². The van der Waals surface area contributed by atoms with Gasteiger partial charge in [-0.1, -0.05) is 36.9 Å². The number of aromatic nitrogens is 3. The Morgan fingerprint density at radius 1 is 1.24 bits per heavy atom. The molecule has 0 aliphatic heterocycles. The molecule has 0 amide bonds. The molecule has 0 atom stereocenters. The summed E-state index contributed by atoms with van der Waals surface area (Å²) in [6.07, 6.45) is 1.05. The van der Waals surface area contributed by atoms with Gasteiger partial charge in [-0.05, 0) is 31.9 Å². The zero-order chi connectivity index (χ0) is 21.0. The number of benzene rings is 1. The molecular weight excluding hydrogens is 390 g/mol. The minimum Gasteiger partial charge on any atom is -0.496 e. The van der Waals surface area contributed by atoms with Crippen molar-refractivity contribution in [2.24, 2.45) is 0 Å². The first-order chi connectivity index (χ1) is 13.9. The number of aromatic amines is 1. The monoisotopic (exact) mass is 413 g/mol. The average molecular weight is 413 g/mol. The normalized spacial score (nSPS) is 10.9. The minimum absolute atomic E-state index is 0.0415. The predicted octanol–water partition coefficient (Wildman–Crippen LogP) is 4.05. The van der Waals surface area contributed by atoms with Gasteiger partial charge in [0.2, 0.25) is 5.89 Å². The molecule has 0 radical (unpaired) electrons. The van der Waals surface area contributed by atoms with Crippen LogP contribution in [0.1, 0.15) is 57.4 Å². The highest BCUT2D eigenvalue weighted by molar-refractivity contribution is 7.99. The Labute approximate surface area is 173 Å². The number of rotatable bonds is 9. The van der Waals surface area contributed by atoms with Gasteiger partial charge in [-0.2, -0.15) is 0 Å². The number of nitrogens with zero attached hydrogens (tertiary/aromatic N) is 2. The van der Waals surface area contributed by atoms with Gasteiger partial charge in [0.25, 0.3) is 5.22 Å². The number of Topliss-reactive ketones (excluding diaryl/α,β-unsaturated/α-hetero) is 2. The molecule has 29 heavy (non-hydrogen) atoms. The van der Waals surface area contributed by atoms with E-state index in [1.54, 1.807) is 7.11 Å². The largest absolute Gasteiger partial charge is 0.496 e. The molecule has 8 heteroatoms. The number of carbonyl (C=O) groups is 2. The third-order valence-corrected chi connectivity index (χ3v) is 5.40. The lowest BCUT2D eigenvalue weighted by Crippen LogP contribution is -2.07. The second kappa shape index (κ2) is 9.09. The lowest BCUT2D eigenvalue weighted by molar-refractivity contribution is 0.101. The smallest absolute Gasteiger partial charge is 0.277 e. The topological polar surface area (TPSA) is 98.1 Å². The van der Waals surface area contributed by atoms with Crippen LogP contribution in [0.3, 0.4) is 0 Å². The van der Waals surface area contributed by atoms with E-state index in [1.807, 2.05) is 38.1 Å². The highest BCUT2D eigenvalue weighted by atomic mass is 32.2. The van der Waals surface area contributed by atoms with Crippen molar-refractivity contribution in [1.29, 1.82) is 0 Å². The Morgan fingerprint density at radius 3 is 2.69 bits per heavy atom. The lowest BCUT2D eigenvalue weighted by atomic mass is 10.0.